The Kier molecular flexibility index (Phi) is 5.44. The maximum absolute atomic E-state index is 11.2. The van der Waals surface area contributed by atoms with Gasteiger partial charge >= 0.3 is 5.97 Å². The van der Waals surface area contributed by atoms with Crippen molar-refractivity contribution in [1.82, 2.24) is 5.32 Å². The van der Waals surface area contributed by atoms with E-state index < -0.39 is 5.97 Å². The lowest BCUT2D eigenvalue weighted by atomic mass is 10.2. The zero-order chi connectivity index (χ0) is 13.4. The van der Waals surface area contributed by atoms with Gasteiger partial charge in [0.1, 0.15) is 5.75 Å². The first-order valence-electron chi connectivity index (χ1n) is 5.53. The van der Waals surface area contributed by atoms with Gasteiger partial charge in [-0.15, -0.1) is 0 Å². The molecular formula is C13H15NO4. The van der Waals surface area contributed by atoms with Gasteiger partial charge in [-0.1, -0.05) is 18.2 Å². The number of benzene rings is 1. The number of carboxylic acid groups (broad SMARTS) is 1. The molecule has 0 atom stereocenters. The smallest absolute Gasteiger partial charge is 0.328 e. The summed E-state index contributed by atoms with van der Waals surface area (Å²) in [4.78, 5) is 21.7. The van der Waals surface area contributed by atoms with Crippen LogP contribution in [0.1, 0.15) is 12.5 Å². The van der Waals surface area contributed by atoms with Gasteiger partial charge in [0.15, 0.2) is 6.61 Å². The molecule has 0 aliphatic rings. The fourth-order valence-electron chi connectivity index (χ4n) is 1.30. The number of carbonyl (C=O) groups is 2. The average Bonchev–Trinajstić information content (AvgIpc) is 2.35. The predicted molar refractivity (Wildman–Crippen MR) is 67.3 cm³/mol. The largest absolute Gasteiger partial charge is 0.483 e. The van der Waals surface area contributed by atoms with E-state index in [1.54, 1.807) is 24.3 Å². The van der Waals surface area contributed by atoms with Crippen LogP contribution in [0.15, 0.2) is 30.3 Å². The number of likely N-dealkylation sites (N-methyl/N-ethyl adjacent to an activating group) is 1. The zero-order valence-electron chi connectivity index (χ0n) is 10.1. The fourth-order valence-corrected chi connectivity index (χ4v) is 1.30. The summed E-state index contributed by atoms with van der Waals surface area (Å²) in [6.07, 6.45) is 2.45. The lowest BCUT2D eigenvalue weighted by molar-refractivity contribution is -0.131. The van der Waals surface area contributed by atoms with E-state index in [-0.39, 0.29) is 12.5 Å². The lowest BCUT2D eigenvalue weighted by Gasteiger charge is -2.08. The van der Waals surface area contributed by atoms with Crippen molar-refractivity contribution in [3.05, 3.63) is 35.9 Å². The molecule has 1 amide bonds. The molecular weight excluding hydrogens is 234 g/mol. The third kappa shape index (κ3) is 4.69. The number of amides is 1. The number of hydrogen-bond donors (Lipinski definition) is 2. The van der Waals surface area contributed by atoms with Gasteiger partial charge in [-0.2, -0.15) is 0 Å². The number of carbonyl (C=O) groups excluding carboxylic acids is 1. The van der Waals surface area contributed by atoms with Gasteiger partial charge in [0.2, 0.25) is 0 Å². The lowest BCUT2D eigenvalue weighted by Crippen LogP contribution is -2.28. The summed E-state index contributed by atoms with van der Waals surface area (Å²) >= 11 is 0. The van der Waals surface area contributed by atoms with Crippen LogP contribution in [-0.4, -0.2) is 30.1 Å². The minimum Gasteiger partial charge on any atom is -0.483 e. The van der Waals surface area contributed by atoms with Gasteiger partial charge in [-0.05, 0) is 19.1 Å². The molecule has 0 radical (unpaired) electrons. The number of nitrogens with one attached hydrogen (secondary N) is 1. The summed E-state index contributed by atoms with van der Waals surface area (Å²) in [5.74, 6) is -0.774. The molecule has 0 spiro atoms. The number of hydrogen-bond acceptors (Lipinski definition) is 3. The zero-order valence-corrected chi connectivity index (χ0v) is 10.1. The molecule has 0 aromatic heterocycles. The minimum absolute atomic E-state index is 0.0915. The van der Waals surface area contributed by atoms with Crippen molar-refractivity contribution < 1.29 is 19.4 Å². The maximum Gasteiger partial charge on any atom is 0.328 e. The van der Waals surface area contributed by atoms with Crippen LogP contribution in [-0.2, 0) is 9.59 Å². The Labute approximate surface area is 105 Å². The molecule has 0 fully saturated rings. The van der Waals surface area contributed by atoms with Crippen molar-refractivity contribution >= 4 is 18.0 Å². The van der Waals surface area contributed by atoms with Crippen molar-refractivity contribution in [2.24, 2.45) is 0 Å². The highest BCUT2D eigenvalue weighted by Gasteiger charge is 2.04. The number of carboxylic acids is 1. The molecule has 96 valence electrons. The minimum atomic E-state index is -1.03. The first-order chi connectivity index (χ1) is 8.63. The molecule has 0 aliphatic carbocycles. The molecule has 1 aromatic carbocycles. The SMILES string of the molecule is CCNC(=O)COc1ccccc1/C=C/C(=O)O. The average molecular weight is 249 g/mol. The van der Waals surface area contributed by atoms with Crippen molar-refractivity contribution in [2.45, 2.75) is 6.92 Å². The molecule has 5 heteroatoms. The molecule has 1 aromatic rings. The first kappa shape index (κ1) is 13.8. The fraction of sp³-hybridized carbons (Fsp3) is 0.231. The quantitative estimate of drug-likeness (QED) is 0.745. The van der Waals surface area contributed by atoms with Crippen molar-refractivity contribution in [1.29, 1.82) is 0 Å². The summed E-state index contributed by atoms with van der Waals surface area (Å²) in [6, 6.07) is 6.92. The van der Waals surface area contributed by atoms with Crippen molar-refractivity contribution in [2.75, 3.05) is 13.2 Å². The molecule has 0 bridgehead atoms. The van der Waals surface area contributed by atoms with Crippen LogP contribution in [0.4, 0.5) is 0 Å². The molecule has 2 N–H and O–H groups in total. The standard InChI is InChI=1S/C13H15NO4/c1-2-14-12(15)9-18-11-6-4-3-5-10(11)7-8-13(16)17/h3-8H,2,9H2,1H3,(H,14,15)(H,16,17)/b8-7+. The second kappa shape index (κ2) is 7.11. The van der Waals surface area contributed by atoms with E-state index in [2.05, 4.69) is 5.32 Å². The summed E-state index contributed by atoms with van der Waals surface area (Å²) in [5.41, 5.74) is 0.615. The normalized spacial score (nSPS) is 10.3. The number of ether oxygens (including phenoxy) is 1. The third-order valence-electron chi connectivity index (χ3n) is 2.06. The van der Waals surface area contributed by atoms with E-state index in [1.165, 1.54) is 6.08 Å². The van der Waals surface area contributed by atoms with E-state index in [0.717, 1.165) is 6.08 Å². The molecule has 0 aliphatic heterocycles. The second-order valence-corrected chi connectivity index (χ2v) is 3.45. The Morgan fingerprint density at radius 1 is 1.39 bits per heavy atom. The second-order valence-electron chi connectivity index (χ2n) is 3.45. The summed E-state index contributed by atoms with van der Waals surface area (Å²) in [6.45, 7) is 2.27. The number of para-hydroxylation sites is 1. The molecule has 0 saturated carbocycles. The Morgan fingerprint density at radius 2 is 2.11 bits per heavy atom. The highest BCUT2D eigenvalue weighted by atomic mass is 16.5. The monoisotopic (exact) mass is 249 g/mol. The highest BCUT2D eigenvalue weighted by Crippen LogP contribution is 2.19. The van der Waals surface area contributed by atoms with E-state index in [0.29, 0.717) is 17.9 Å². The van der Waals surface area contributed by atoms with Crippen LogP contribution >= 0.6 is 0 Å². The third-order valence-corrected chi connectivity index (χ3v) is 2.06. The molecule has 0 unspecified atom stereocenters. The van der Waals surface area contributed by atoms with Gasteiger partial charge in [-0.3, -0.25) is 4.79 Å². The van der Waals surface area contributed by atoms with E-state index in [4.69, 9.17) is 9.84 Å². The Bertz CT molecular complexity index is 454. The van der Waals surface area contributed by atoms with Gasteiger partial charge in [0, 0.05) is 18.2 Å². The van der Waals surface area contributed by atoms with Crippen LogP contribution in [0.3, 0.4) is 0 Å². The molecule has 18 heavy (non-hydrogen) atoms. The van der Waals surface area contributed by atoms with Crippen LogP contribution in [0, 0.1) is 0 Å². The van der Waals surface area contributed by atoms with Crippen LogP contribution in [0.5, 0.6) is 5.75 Å². The van der Waals surface area contributed by atoms with Crippen LogP contribution in [0.2, 0.25) is 0 Å². The number of rotatable bonds is 6. The number of aliphatic carboxylic acids is 1. The summed E-state index contributed by atoms with van der Waals surface area (Å²) in [5, 5.41) is 11.2. The molecule has 0 heterocycles. The van der Waals surface area contributed by atoms with Gasteiger partial charge in [0.05, 0.1) is 0 Å². The Morgan fingerprint density at radius 3 is 2.78 bits per heavy atom. The van der Waals surface area contributed by atoms with Crippen molar-refractivity contribution in [3.63, 3.8) is 0 Å². The van der Waals surface area contributed by atoms with Gasteiger partial charge < -0.3 is 15.2 Å². The topological polar surface area (TPSA) is 75.6 Å². The predicted octanol–water partition coefficient (Wildman–Crippen LogP) is 1.30. The molecule has 0 saturated heterocycles. The summed E-state index contributed by atoms with van der Waals surface area (Å²) < 4.78 is 5.33. The molecule has 5 nitrogen and oxygen atoms in total. The highest BCUT2D eigenvalue weighted by molar-refractivity contribution is 5.86. The first-order valence-corrected chi connectivity index (χ1v) is 5.53. The Balaban J connectivity index is 2.70. The van der Waals surface area contributed by atoms with E-state index >= 15 is 0 Å². The maximum atomic E-state index is 11.2. The van der Waals surface area contributed by atoms with Crippen LogP contribution < -0.4 is 10.1 Å². The van der Waals surface area contributed by atoms with E-state index in [1.807, 2.05) is 6.92 Å². The van der Waals surface area contributed by atoms with Gasteiger partial charge in [0.25, 0.3) is 5.91 Å². The van der Waals surface area contributed by atoms with Crippen molar-refractivity contribution in [3.8, 4) is 5.75 Å². The summed E-state index contributed by atoms with van der Waals surface area (Å²) in [7, 11) is 0. The molecule has 1 rings (SSSR count). The van der Waals surface area contributed by atoms with Crippen LogP contribution in [0.25, 0.3) is 6.08 Å². The Hall–Kier alpha value is -2.30. The van der Waals surface area contributed by atoms with E-state index in [9.17, 15) is 9.59 Å². The van der Waals surface area contributed by atoms with Gasteiger partial charge in [-0.25, -0.2) is 4.79 Å².